The van der Waals surface area contributed by atoms with Gasteiger partial charge in [0.25, 0.3) is 5.78 Å². The Hall–Kier alpha value is -1.24. The molecule has 0 saturated carbocycles. The van der Waals surface area contributed by atoms with Crippen molar-refractivity contribution in [2.75, 3.05) is 13.2 Å². The zero-order valence-electron chi connectivity index (χ0n) is 7.96. The maximum atomic E-state index is 11.2. The fourth-order valence-electron chi connectivity index (χ4n) is 1.24. The Morgan fingerprint density at radius 2 is 2.27 bits per heavy atom. The molecule has 84 valence electrons. The molecule has 1 unspecified atom stereocenters. The Balaban J connectivity index is 2.72. The van der Waals surface area contributed by atoms with Gasteiger partial charge in [-0.05, 0) is 0 Å². The van der Waals surface area contributed by atoms with Gasteiger partial charge < -0.3 is 19.7 Å². The number of esters is 1. The van der Waals surface area contributed by atoms with Crippen LogP contribution in [0.3, 0.4) is 0 Å². The number of ketones is 1. The van der Waals surface area contributed by atoms with Crippen molar-refractivity contribution in [1.82, 2.24) is 0 Å². The first kappa shape index (κ1) is 11.8. The van der Waals surface area contributed by atoms with Crippen LogP contribution < -0.4 is 0 Å². The molecule has 6 nitrogen and oxygen atoms in total. The predicted octanol–water partition coefficient (Wildman–Crippen LogP) is -1.59. The van der Waals surface area contributed by atoms with Gasteiger partial charge in [0.05, 0.1) is 13.2 Å². The number of ether oxygens (including phenoxy) is 2. The summed E-state index contributed by atoms with van der Waals surface area (Å²) in [6.07, 6.45) is -2.24. The minimum Gasteiger partial charge on any atom is -0.450 e. The smallest absolute Gasteiger partial charge is 0.378 e. The van der Waals surface area contributed by atoms with E-state index in [1.54, 1.807) is 0 Å². The number of aliphatic hydroxyl groups excluding tert-OH is 2. The van der Waals surface area contributed by atoms with Crippen LogP contribution in [0.15, 0.2) is 12.7 Å². The molecule has 1 fully saturated rings. The Morgan fingerprint density at radius 3 is 2.80 bits per heavy atom. The highest BCUT2D eigenvalue weighted by molar-refractivity contribution is 6.37. The topological polar surface area (TPSA) is 93.1 Å². The summed E-state index contributed by atoms with van der Waals surface area (Å²) in [5.74, 6) is -1.91. The molecule has 0 bridgehead atoms. The molecule has 15 heavy (non-hydrogen) atoms. The number of hydrogen-bond acceptors (Lipinski definition) is 6. The zero-order valence-corrected chi connectivity index (χ0v) is 7.96. The van der Waals surface area contributed by atoms with E-state index in [0.29, 0.717) is 0 Å². The molecule has 6 heteroatoms. The SMILES string of the molecule is C=CCOC1C(=O)C(=O)O[C@@H]1[C@@H](O)CO. The molecular formula is C9H12O6. The summed E-state index contributed by atoms with van der Waals surface area (Å²) in [6.45, 7) is 2.83. The summed E-state index contributed by atoms with van der Waals surface area (Å²) in [6, 6.07) is 0. The van der Waals surface area contributed by atoms with Crippen LogP contribution >= 0.6 is 0 Å². The van der Waals surface area contributed by atoms with Gasteiger partial charge in [0, 0.05) is 0 Å². The van der Waals surface area contributed by atoms with Crippen LogP contribution in [-0.4, -0.2) is 53.5 Å². The van der Waals surface area contributed by atoms with Crippen molar-refractivity contribution in [3.05, 3.63) is 12.7 Å². The van der Waals surface area contributed by atoms with E-state index >= 15 is 0 Å². The molecule has 0 aromatic rings. The monoisotopic (exact) mass is 216 g/mol. The molecule has 1 heterocycles. The third-order valence-corrected chi connectivity index (χ3v) is 1.96. The quantitative estimate of drug-likeness (QED) is 0.327. The molecule has 1 saturated heterocycles. The van der Waals surface area contributed by atoms with Gasteiger partial charge >= 0.3 is 5.97 Å². The summed E-state index contributed by atoms with van der Waals surface area (Å²) in [4.78, 5) is 22.1. The highest BCUT2D eigenvalue weighted by Crippen LogP contribution is 2.18. The number of aliphatic hydroxyl groups is 2. The van der Waals surface area contributed by atoms with Crippen molar-refractivity contribution in [1.29, 1.82) is 0 Å². The zero-order chi connectivity index (χ0) is 11.4. The molecule has 0 aromatic carbocycles. The minimum absolute atomic E-state index is 0.0572. The molecule has 2 N–H and O–H groups in total. The molecule has 0 spiro atoms. The summed E-state index contributed by atoms with van der Waals surface area (Å²) < 4.78 is 9.56. The first-order chi connectivity index (χ1) is 7.11. The number of carbonyl (C=O) groups excluding carboxylic acids is 2. The molecule has 1 aliphatic heterocycles. The molecule has 1 rings (SSSR count). The predicted molar refractivity (Wildman–Crippen MR) is 47.9 cm³/mol. The number of Topliss-reactive ketones (excluding diaryl/α,β-unsaturated/α-hetero) is 1. The van der Waals surface area contributed by atoms with E-state index in [4.69, 9.17) is 9.84 Å². The summed E-state index contributed by atoms with van der Waals surface area (Å²) in [5, 5.41) is 18.0. The van der Waals surface area contributed by atoms with Gasteiger partial charge in [-0.15, -0.1) is 6.58 Å². The normalized spacial score (nSPS) is 27.6. The molecule has 0 amide bonds. The van der Waals surface area contributed by atoms with Crippen molar-refractivity contribution in [3.8, 4) is 0 Å². The molecule has 3 atom stereocenters. The van der Waals surface area contributed by atoms with E-state index < -0.39 is 36.7 Å². The highest BCUT2D eigenvalue weighted by atomic mass is 16.6. The van der Waals surface area contributed by atoms with Crippen molar-refractivity contribution in [2.45, 2.75) is 18.3 Å². The van der Waals surface area contributed by atoms with Crippen molar-refractivity contribution >= 4 is 11.8 Å². The second kappa shape index (κ2) is 5.01. The second-order valence-electron chi connectivity index (χ2n) is 3.03. The van der Waals surface area contributed by atoms with E-state index in [2.05, 4.69) is 11.3 Å². The minimum atomic E-state index is -1.32. The summed E-state index contributed by atoms with van der Waals surface area (Å²) in [7, 11) is 0. The van der Waals surface area contributed by atoms with Gasteiger partial charge in [0.1, 0.15) is 6.10 Å². The van der Waals surface area contributed by atoms with Crippen molar-refractivity contribution in [2.24, 2.45) is 0 Å². The van der Waals surface area contributed by atoms with Gasteiger partial charge in [-0.25, -0.2) is 4.79 Å². The maximum absolute atomic E-state index is 11.2. The number of cyclic esters (lactones) is 1. The Kier molecular flexibility index (Phi) is 3.96. The largest absolute Gasteiger partial charge is 0.450 e. The van der Waals surface area contributed by atoms with Crippen molar-refractivity contribution in [3.63, 3.8) is 0 Å². The van der Waals surface area contributed by atoms with Crippen LogP contribution in [-0.2, 0) is 19.1 Å². The van der Waals surface area contributed by atoms with Crippen LogP contribution in [0.25, 0.3) is 0 Å². The van der Waals surface area contributed by atoms with Crippen LogP contribution in [0.4, 0.5) is 0 Å². The Bertz CT molecular complexity index is 274. The van der Waals surface area contributed by atoms with E-state index in [1.165, 1.54) is 6.08 Å². The first-order valence-electron chi connectivity index (χ1n) is 4.38. The average Bonchev–Trinajstić information content (AvgIpc) is 2.52. The first-order valence-corrected chi connectivity index (χ1v) is 4.38. The lowest BCUT2D eigenvalue weighted by Crippen LogP contribution is -2.40. The summed E-state index contributed by atoms with van der Waals surface area (Å²) >= 11 is 0. The van der Waals surface area contributed by atoms with Gasteiger partial charge in [0.15, 0.2) is 12.2 Å². The molecular weight excluding hydrogens is 204 g/mol. The van der Waals surface area contributed by atoms with Crippen molar-refractivity contribution < 1.29 is 29.3 Å². The molecule has 0 aromatic heterocycles. The average molecular weight is 216 g/mol. The second-order valence-corrected chi connectivity index (χ2v) is 3.03. The van der Waals surface area contributed by atoms with E-state index in [0.717, 1.165) is 0 Å². The van der Waals surface area contributed by atoms with Crippen LogP contribution in [0.1, 0.15) is 0 Å². The van der Waals surface area contributed by atoms with Gasteiger partial charge in [0.2, 0.25) is 0 Å². The molecule has 1 aliphatic rings. The Labute approximate surface area is 86.1 Å². The molecule has 0 radical (unpaired) electrons. The number of hydrogen-bond donors (Lipinski definition) is 2. The third-order valence-electron chi connectivity index (χ3n) is 1.96. The fraction of sp³-hybridized carbons (Fsp3) is 0.556. The van der Waals surface area contributed by atoms with Gasteiger partial charge in [-0.2, -0.15) is 0 Å². The lowest BCUT2D eigenvalue weighted by molar-refractivity contribution is -0.152. The maximum Gasteiger partial charge on any atom is 0.378 e. The van der Waals surface area contributed by atoms with E-state index in [-0.39, 0.29) is 6.61 Å². The lowest BCUT2D eigenvalue weighted by Gasteiger charge is -2.19. The van der Waals surface area contributed by atoms with Crippen LogP contribution in [0.2, 0.25) is 0 Å². The van der Waals surface area contributed by atoms with Gasteiger partial charge in [-0.3, -0.25) is 4.79 Å². The fourth-order valence-corrected chi connectivity index (χ4v) is 1.24. The standard InChI is InChI=1S/C9H12O6/c1-2-3-14-8-6(12)9(13)15-7(8)5(11)4-10/h2,5,7-8,10-11H,1,3-4H2/t5-,7+,8?/m0/s1. The van der Waals surface area contributed by atoms with E-state index in [9.17, 15) is 14.7 Å². The number of rotatable bonds is 5. The number of carbonyl (C=O) groups is 2. The lowest BCUT2D eigenvalue weighted by atomic mass is 10.1. The van der Waals surface area contributed by atoms with Crippen LogP contribution in [0.5, 0.6) is 0 Å². The highest BCUT2D eigenvalue weighted by Gasteiger charge is 2.47. The summed E-state index contributed by atoms with van der Waals surface area (Å²) in [5.41, 5.74) is 0. The third kappa shape index (κ3) is 2.41. The molecule has 0 aliphatic carbocycles. The van der Waals surface area contributed by atoms with E-state index in [1.807, 2.05) is 0 Å². The van der Waals surface area contributed by atoms with Crippen LogP contribution in [0, 0.1) is 0 Å². The Morgan fingerprint density at radius 1 is 1.60 bits per heavy atom. The van der Waals surface area contributed by atoms with Gasteiger partial charge in [-0.1, -0.05) is 6.08 Å².